The summed E-state index contributed by atoms with van der Waals surface area (Å²) in [5.74, 6) is -0.825. The molecule has 0 bridgehead atoms. The molecule has 1 heterocycles. The molecule has 1 atom stereocenters. The van der Waals surface area contributed by atoms with E-state index >= 15 is 0 Å². The highest BCUT2D eigenvalue weighted by Gasteiger charge is 2.30. The molecule has 1 amide bonds. The van der Waals surface area contributed by atoms with Crippen molar-refractivity contribution in [3.8, 4) is 0 Å². The average Bonchev–Trinajstić information content (AvgIpc) is 2.76. The van der Waals surface area contributed by atoms with E-state index in [1.54, 1.807) is 4.90 Å². The van der Waals surface area contributed by atoms with Crippen molar-refractivity contribution in [2.75, 3.05) is 6.54 Å². The first kappa shape index (κ1) is 14.1. The van der Waals surface area contributed by atoms with Crippen LogP contribution >= 0.6 is 15.9 Å². The van der Waals surface area contributed by atoms with Gasteiger partial charge in [-0.05, 0) is 30.5 Å². The third-order valence-electron chi connectivity index (χ3n) is 3.35. The Morgan fingerprint density at radius 2 is 2.21 bits per heavy atom. The average molecular weight is 326 g/mol. The first-order chi connectivity index (χ1) is 9.06. The zero-order chi connectivity index (χ0) is 13.8. The molecule has 0 aliphatic carbocycles. The van der Waals surface area contributed by atoms with Crippen LogP contribution in [0.3, 0.4) is 0 Å². The lowest BCUT2D eigenvalue weighted by molar-refractivity contribution is -0.139. The van der Waals surface area contributed by atoms with Gasteiger partial charge in [-0.15, -0.1) is 0 Å². The molecule has 1 aliphatic heterocycles. The van der Waals surface area contributed by atoms with Crippen LogP contribution in [0.2, 0.25) is 0 Å². The number of hydrogen-bond acceptors (Lipinski definition) is 2. The van der Waals surface area contributed by atoms with Crippen molar-refractivity contribution in [2.24, 2.45) is 0 Å². The van der Waals surface area contributed by atoms with Crippen LogP contribution in [0.4, 0.5) is 0 Å². The third-order valence-corrected chi connectivity index (χ3v) is 3.85. The largest absolute Gasteiger partial charge is 0.481 e. The molecular formula is C14H16BrNO3. The highest BCUT2D eigenvalue weighted by molar-refractivity contribution is 9.10. The summed E-state index contributed by atoms with van der Waals surface area (Å²) in [4.78, 5) is 24.7. The first-order valence-electron chi connectivity index (χ1n) is 6.32. The zero-order valence-corrected chi connectivity index (χ0v) is 12.1. The van der Waals surface area contributed by atoms with Gasteiger partial charge < -0.3 is 10.0 Å². The lowest BCUT2D eigenvalue weighted by atomic mass is 10.1. The van der Waals surface area contributed by atoms with Crippen molar-refractivity contribution in [1.29, 1.82) is 0 Å². The van der Waals surface area contributed by atoms with Crippen molar-refractivity contribution in [3.05, 3.63) is 34.3 Å². The molecule has 1 aromatic rings. The normalized spacial score (nSPS) is 18.6. The summed E-state index contributed by atoms with van der Waals surface area (Å²) >= 11 is 3.38. The smallest absolute Gasteiger partial charge is 0.305 e. The molecule has 0 spiro atoms. The van der Waals surface area contributed by atoms with Crippen LogP contribution in [0.25, 0.3) is 0 Å². The Morgan fingerprint density at radius 3 is 2.89 bits per heavy atom. The number of carbonyl (C=O) groups excluding carboxylic acids is 1. The van der Waals surface area contributed by atoms with Gasteiger partial charge in [0.05, 0.1) is 12.8 Å². The SMILES string of the molecule is O=C(O)CC1CCCN1C(=O)Cc1cccc(Br)c1. The third kappa shape index (κ3) is 3.80. The van der Waals surface area contributed by atoms with E-state index < -0.39 is 5.97 Å². The molecule has 0 saturated carbocycles. The Hall–Kier alpha value is -1.36. The molecule has 2 rings (SSSR count). The molecular weight excluding hydrogens is 310 g/mol. The quantitative estimate of drug-likeness (QED) is 0.925. The van der Waals surface area contributed by atoms with Gasteiger partial charge in [0.25, 0.3) is 0 Å². The first-order valence-corrected chi connectivity index (χ1v) is 7.11. The highest BCUT2D eigenvalue weighted by atomic mass is 79.9. The Morgan fingerprint density at radius 1 is 1.42 bits per heavy atom. The second-order valence-corrected chi connectivity index (χ2v) is 5.70. The zero-order valence-electron chi connectivity index (χ0n) is 10.5. The molecule has 1 unspecified atom stereocenters. The molecule has 5 heteroatoms. The van der Waals surface area contributed by atoms with Crippen molar-refractivity contribution < 1.29 is 14.7 Å². The molecule has 1 N–H and O–H groups in total. The molecule has 1 aliphatic rings. The van der Waals surface area contributed by atoms with Crippen LogP contribution < -0.4 is 0 Å². The van der Waals surface area contributed by atoms with E-state index in [1.807, 2.05) is 24.3 Å². The molecule has 1 saturated heterocycles. The van der Waals surface area contributed by atoms with Gasteiger partial charge in [-0.3, -0.25) is 9.59 Å². The van der Waals surface area contributed by atoms with Crippen LogP contribution in [0.15, 0.2) is 28.7 Å². The van der Waals surface area contributed by atoms with Gasteiger partial charge in [0.15, 0.2) is 0 Å². The number of nitrogens with zero attached hydrogens (tertiary/aromatic N) is 1. The van der Waals surface area contributed by atoms with Gasteiger partial charge in [0.2, 0.25) is 5.91 Å². The molecule has 0 aromatic heterocycles. The summed E-state index contributed by atoms with van der Waals surface area (Å²) in [6.07, 6.45) is 2.05. The van der Waals surface area contributed by atoms with Crippen molar-refractivity contribution >= 4 is 27.8 Å². The summed E-state index contributed by atoms with van der Waals surface area (Å²) in [5.41, 5.74) is 0.945. The number of likely N-dealkylation sites (tertiary alicyclic amines) is 1. The lowest BCUT2D eigenvalue weighted by Gasteiger charge is -2.23. The maximum absolute atomic E-state index is 12.2. The number of carboxylic acid groups (broad SMARTS) is 1. The van der Waals surface area contributed by atoms with Crippen molar-refractivity contribution in [1.82, 2.24) is 4.90 Å². The predicted octanol–water partition coefficient (Wildman–Crippen LogP) is 2.46. The van der Waals surface area contributed by atoms with Gasteiger partial charge in [-0.2, -0.15) is 0 Å². The van der Waals surface area contributed by atoms with Crippen LogP contribution in [-0.4, -0.2) is 34.5 Å². The Kier molecular flexibility index (Phi) is 4.58. The van der Waals surface area contributed by atoms with E-state index in [2.05, 4.69) is 15.9 Å². The Balaban J connectivity index is 2.01. The summed E-state index contributed by atoms with van der Waals surface area (Å²) in [6.45, 7) is 0.671. The summed E-state index contributed by atoms with van der Waals surface area (Å²) in [6, 6.07) is 7.49. The topological polar surface area (TPSA) is 57.6 Å². The van der Waals surface area contributed by atoms with Crippen LogP contribution in [0.1, 0.15) is 24.8 Å². The molecule has 19 heavy (non-hydrogen) atoms. The second-order valence-electron chi connectivity index (χ2n) is 4.79. The number of rotatable bonds is 4. The van der Waals surface area contributed by atoms with E-state index in [1.165, 1.54) is 0 Å². The summed E-state index contributed by atoms with van der Waals surface area (Å²) in [5, 5.41) is 8.86. The number of carbonyl (C=O) groups is 2. The lowest BCUT2D eigenvalue weighted by Crippen LogP contribution is -2.37. The number of amides is 1. The fourth-order valence-corrected chi connectivity index (χ4v) is 2.95. The van der Waals surface area contributed by atoms with E-state index in [0.29, 0.717) is 13.0 Å². The fourth-order valence-electron chi connectivity index (χ4n) is 2.50. The molecule has 102 valence electrons. The number of carboxylic acids is 1. The molecule has 0 radical (unpaired) electrons. The molecule has 1 aromatic carbocycles. The maximum Gasteiger partial charge on any atom is 0.305 e. The molecule has 1 fully saturated rings. The van der Waals surface area contributed by atoms with E-state index in [4.69, 9.17) is 5.11 Å². The minimum Gasteiger partial charge on any atom is -0.481 e. The highest BCUT2D eigenvalue weighted by Crippen LogP contribution is 2.22. The minimum atomic E-state index is -0.841. The van der Waals surface area contributed by atoms with Crippen LogP contribution in [0, 0.1) is 0 Å². The van der Waals surface area contributed by atoms with E-state index in [-0.39, 0.29) is 18.4 Å². The second kappa shape index (κ2) is 6.19. The summed E-state index contributed by atoms with van der Waals surface area (Å²) in [7, 11) is 0. The van der Waals surface area contributed by atoms with E-state index in [9.17, 15) is 9.59 Å². The molecule has 4 nitrogen and oxygen atoms in total. The minimum absolute atomic E-state index is 0.0156. The van der Waals surface area contributed by atoms with Crippen LogP contribution in [0.5, 0.6) is 0 Å². The number of benzene rings is 1. The van der Waals surface area contributed by atoms with Gasteiger partial charge in [0.1, 0.15) is 0 Å². The van der Waals surface area contributed by atoms with Crippen molar-refractivity contribution in [2.45, 2.75) is 31.7 Å². The van der Waals surface area contributed by atoms with Gasteiger partial charge in [-0.1, -0.05) is 28.1 Å². The Bertz CT molecular complexity index is 489. The maximum atomic E-state index is 12.2. The predicted molar refractivity (Wildman–Crippen MR) is 74.8 cm³/mol. The fraction of sp³-hybridized carbons (Fsp3) is 0.429. The van der Waals surface area contributed by atoms with E-state index in [0.717, 1.165) is 22.9 Å². The van der Waals surface area contributed by atoms with Gasteiger partial charge in [0, 0.05) is 17.1 Å². The standard InChI is InChI=1S/C14H16BrNO3/c15-11-4-1-3-10(7-11)8-13(17)16-6-2-5-12(16)9-14(18)19/h1,3-4,7,12H,2,5-6,8-9H2,(H,18,19). The van der Waals surface area contributed by atoms with Gasteiger partial charge >= 0.3 is 5.97 Å². The number of aliphatic carboxylic acids is 1. The number of halogens is 1. The Labute approximate surface area is 120 Å². The van der Waals surface area contributed by atoms with Gasteiger partial charge in [-0.25, -0.2) is 0 Å². The van der Waals surface area contributed by atoms with Crippen molar-refractivity contribution in [3.63, 3.8) is 0 Å². The number of hydrogen-bond donors (Lipinski definition) is 1. The van der Waals surface area contributed by atoms with Crippen LogP contribution in [-0.2, 0) is 16.0 Å². The summed E-state index contributed by atoms with van der Waals surface area (Å²) < 4.78 is 0.946. The monoisotopic (exact) mass is 325 g/mol.